The first-order chi connectivity index (χ1) is 7.00. The van der Waals surface area contributed by atoms with E-state index in [0.717, 1.165) is 5.69 Å². The molecule has 0 aliphatic carbocycles. The average Bonchev–Trinajstić information content (AvgIpc) is 2.16. The van der Waals surface area contributed by atoms with E-state index in [-0.39, 0.29) is 0 Å². The molecule has 0 bridgehead atoms. The molecule has 0 saturated carbocycles. The number of anilines is 2. The smallest absolute Gasteiger partial charge is 0.333 e. The van der Waals surface area contributed by atoms with Gasteiger partial charge in [-0.05, 0) is 12.1 Å². The van der Waals surface area contributed by atoms with Crippen LogP contribution in [0.25, 0.3) is 0 Å². The van der Waals surface area contributed by atoms with Crippen LogP contribution in [0.3, 0.4) is 0 Å². The van der Waals surface area contributed by atoms with Gasteiger partial charge in [-0.3, -0.25) is 0 Å². The fourth-order valence-electron chi connectivity index (χ4n) is 1.35. The quantitative estimate of drug-likeness (QED) is 0.582. The lowest BCUT2D eigenvalue weighted by Crippen LogP contribution is -2.39. The highest BCUT2D eigenvalue weighted by molar-refractivity contribution is 14.2. The first-order valence-corrected chi connectivity index (χ1v) is 6.32. The van der Waals surface area contributed by atoms with E-state index in [2.05, 4.69) is 3.53 Å². The predicted octanol–water partition coefficient (Wildman–Crippen LogP) is 3.13. The summed E-state index contributed by atoms with van der Waals surface area (Å²) in [4.78, 5) is 1.24. The highest BCUT2D eigenvalue weighted by Gasteiger charge is 2.39. The number of hydrogen-bond donors (Lipinski definition) is 1. The maximum Gasteiger partial charge on any atom is 0.438 e. The lowest BCUT2D eigenvalue weighted by atomic mass is 10.2. The molecule has 0 amide bonds. The van der Waals surface area contributed by atoms with Crippen molar-refractivity contribution in [3.05, 3.63) is 24.3 Å². The molecule has 1 aromatic carbocycles. The maximum absolute atomic E-state index is 12.6. The standard InChI is InChI=1S/C9H8F3IN2/c1-15-7-5-3-2-4-6(7)14-13-8(15)9(10,11)12/h2-5,14H,1H3. The Bertz CT molecular complexity index is 414. The number of rotatable bonds is 0. The fourth-order valence-corrected chi connectivity index (χ4v) is 3.28. The van der Waals surface area contributed by atoms with Crippen LogP contribution in [-0.4, -0.2) is 16.9 Å². The second-order valence-corrected chi connectivity index (χ2v) is 5.15. The van der Waals surface area contributed by atoms with Crippen molar-refractivity contribution in [2.75, 3.05) is 15.5 Å². The Hall–Kier alpha value is -0.790. The molecule has 1 aromatic rings. The topological polar surface area (TPSA) is 15.3 Å². The van der Waals surface area contributed by atoms with Gasteiger partial charge in [-0.15, -0.1) is 0 Å². The van der Waals surface area contributed by atoms with Crippen LogP contribution in [0.2, 0.25) is 0 Å². The predicted molar refractivity (Wildman–Crippen MR) is 63.5 cm³/mol. The zero-order chi connectivity index (χ0) is 11.1. The summed E-state index contributed by atoms with van der Waals surface area (Å²) >= 11 is -1.20. The molecule has 15 heavy (non-hydrogen) atoms. The van der Waals surface area contributed by atoms with Crippen molar-refractivity contribution >= 4 is 36.0 Å². The van der Waals surface area contributed by atoms with Crippen LogP contribution in [0.1, 0.15) is 0 Å². The Balaban J connectivity index is 2.42. The number of fused-ring (bicyclic) bond motifs is 1. The molecule has 0 atom stereocenters. The van der Waals surface area contributed by atoms with Gasteiger partial charge in [0.15, 0.2) is 3.63 Å². The molecule has 1 aliphatic heterocycles. The third kappa shape index (κ3) is 1.95. The molecule has 0 spiro atoms. The van der Waals surface area contributed by atoms with Crippen LogP contribution < -0.4 is 8.43 Å². The molecular formula is C9H8F3IN2. The Morgan fingerprint density at radius 1 is 1.27 bits per heavy atom. The van der Waals surface area contributed by atoms with Gasteiger partial charge >= 0.3 is 6.18 Å². The fraction of sp³-hybridized carbons (Fsp3) is 0.222. The Labute approximate surface area is 95.2 Å². The minimum Gasteiger partial charge on any atom is -0.333 e. The van der Waals surface area contributed by atoms with E-state index in [0.29, 0.717) is 5.69 Å². The molecule has 0 unspecified atom stereocenters. The van der Waals surface area contributed by atoms with Crippen molar-refractivity contribution in [1.29, 1.82) is 0 Å². The van der Waals surface area contributed by atoms with Crippen LogP contribution in [0.5, 0.6) is 0 Å². The van der Waals surface area contributed by atoms with E-state index in [1.165, 1.54) is 11.9 Å². The Morgan fingerprint density at radius 2 is 1.93 bits per heavy atom. The number of benzene rings is 1. The van der Waals surface area contributed by atoms with Gasteiger partial charge in [0.05, 0.1) is 11.4 Å². The molecule has 1 N–H and O–H groups in total. The summed E-state index contributed by atoms with van der Waals surface area (Å²) < 4.78 is 40.2. The minimum absolute atomic E-state index is 0.458. The largest absolute Gasteiger partial charge is 0.438 e. The van der Waals surface area contributed by atoms with Gasteiger partial charge < -0.3 is 8.43 Å². The third-order valence-corrected chi connectivity index (χ3v) is 4.73. The molecule has 0 aromatic heterocycles. The Morgan fingerprint density at radius 3 is 2.60 bits per heavy atom. The lowest BCUT2D eigenvalue weighted by molar-refractivity contribution is -0.0570. The number of halogens is 4. The Kier molecular flexibility index (Phi) is 2.61. The minimum atomic E-state index is -4.23. The summed E-state index contributed by atoms with van der Waals surface area (Å²) in [7, 11) is 1.46. The average molecular weight is 328 g/mol. The van der Waals surface area contributed by atoms with E-state index in [1.807, 2.05) is 6.07 Å². The molecular weight excluding hydrogens is 320 g/mol. The molecule has 2 nitrogen and oxygen atoms in total. The third-order valence-electron chi connectivity index (χ3n) is 2.03. The van der Waals surface area contributed by atoms with Crippen LogP contribution in [0.15, 0.2) is 24.3 Å². The first kappa shape index (κ1) is 10.7. The molecule has 82 valence electrons. The summed E-state index contributed by atoms with van der Waals surface area (Å²) in [5, 5.41) is 0. The zero-order valence-corrected chi connectivity index (χ0v) is 9.93. The highest BCUT2D eigenvalue weighted by atomic mass is 127. The molecule has 0 radical (unpaired) electrons. The summed E-state index contributed by atoms with van der Waals surface area (Å²) in [6, 6.07) is 7.01. The van der Waals surface area contributed by atoms with Crippen LogP contribution in [0, 0.1) is 0 Å². The first-order valence-electron chi connectivity index (χ1n) is 4.17. The zero-order valence-electron chi connectivity index (χ0n) is 7.77. The van der Waals surface area contributed by atoms with Crippen molar-refractivity contribution in [3.63, 3.8) is 0 Å². The molecule has 2 rings (SSSR count). The van der Waals surface area contributed by atoms with Gasteiger partial charge in [-0.1, -0.05) is 12.1 Å². The molecule has 0 fully saturated rings. The van der Waals surface area contributed by atoms with E-state index >= 15 is 0 Å². The van der Waals surface area contributed by atoms with Crippen molar-refractivity contribution in [3.8, 4) is 0 Å². The molecule has 1 heterocycles. The summed E-state index contributed by atoms with van der Waals surface area (Å²) in [5.74, 6) is 0. The normalized spacial score (nSPS) is 16.0. The van der Waals surface area contributed by atoms with E-state index < -0.39 is 30.8 Å². The van der Waals surface area contributed by atoms with Crippen molar-refractivity contribution in [2.45, 2.75) is 6.18 Å². The number of nitrogens with one attached hydrogen (secondary N) is 1. The van der Waals surface area contributed by atoms with Crippen LogP contribution in [0.4, 0.5) is 24.5 Å². The lowest BCUT2D eigenvalue weighted by Gasteiger charge is -2.29. The van der Waals surface area contributed by atoms with Crippen molar-refractivity contribution in [1.82, 2.24) is 0 Å². The van der Waals surface area contributed by atoms with Crippen molar-refractivity contribution < 1.29 is 13.2 Å². The number of alkyl halides is 3. The SMILES string of the molecule is CN1C(C(F)(F)F)=INc2ccccc21. The molecule has 1 aliphatic rings. The van der Waals surface area contributed by atoms with Gasteiger partial charge in [0.2, 0.25) is 0 Å². The second-order valence-electron chi connectivity index (χ2n) is 3.05. The van der Waals surface area contributed by atoms with Gasteiger partial charge in [-0.25, -0.2) is 0 Å². The van der Waals surface area contributed by atoms with Gasteiger partial charge in [-0.2, -0.15) is 13.2 Å². The van der Waals surface area contributed by atoms with Crippen molar-refractivity contribution in [2.24, 2.45) is 0 Å². The van der Waals surface area contributed by atoms with Gasteiger partial charge in [0, 0.05) is 28.1 Å². The van der Waals surface area contributed by atoms with E-state index in [1.54, 1.807) is 18.2 Å². The molecule has 0 saturated heterocycles. The second kappa shape index (κ2) is 3.66. The number of para-hydroxylation sites is 2. The van der Waals surface area contributed by atoms with Crippen LogP contribution in [-0.2, 0) is 0 Å². The summed E-state index contributed by atoms with van der Waals surface area (Å²) in [6.45, 7) is 0. The van der Waals surface area contributed by atoms with E-state index in [9.17, 15) is 13.2 Å². The number of nitrogens with zero attached hydrogens (tertiary/aromatic N) is 1. The molecule has 6 heteroatoms. The summed E-state index contributed by atoms with van der Waals surface area (Å²) in [5.41, 5.74) is 1.36. The van der Waals surface area contributed by atoms with Crippen LogP contribution >= 0.6 is 21.0 Å². The monoisotopic (exact) mass is 328 g/mol. The maximum atomic E-state index is 12.6. The number of hydrogen-bond acceptors (Lipinski definition) is 2. The summed E-state index contributed by atoms with van der Waals surface area (Å²) in [6.07, 6.45) is -4.23. The van der Waals surface area contributed by atoms with Gasteiger partial charge in [0.25, 0.3) is 0 Å². The van der Waals surface area contributed by atoms with E-state index in [4.69, 9.17) is 0 Å². The highest BCUT2D eigenvalue weighted by Crippen LogP contribution is 2.37. The van der Waals surface area contributed by atoms with Gasteiger partial charge in [0.1, 0.15) is 0 Å².